The van der Waals surface area contributed by atoms with Gasteiger partial charge in [-0.3, -0.25) is 24.0 Å². The molecule has 14 nitrogen and oxygen atoms in total. The maximum Gasteiger partial charge on any atom is 0.258 e. The molecule has 0 aromatic heterocycles. The van der Waals surface area contributed by atoms with Gasteiger partial charge < -0.3 is 45.1 Å². The quantitative estimate of drug-likeness (QED) is 0.364. The minimum atomic E-state index is -1.33. The molecule has 14 heteroatoms. The summed E-state index contributed by atoms with van der Waals surface area (Å²) in [5.74, 6) is -0.757. The lowest BCUT2D eigenvalue weighted by Gasteiger charge is -2.42. The Morgan fingerprint density at radius 2 is 1.67 bits per heavy atom. The van der Waals surface area contributed by atoms with Crippen LogP contribution in [0, 0.1) is 11.3 Å². The Labute approximate surface area is 298 Å². The van der Waals surface area contributed by atoms with Gasteiger partial charge in [0.05, 0.1) is 12.5 Å². The number of nitrogens with one attached hydrogen (secondary N) is 3. The first-order chi connectivity index (χ1) is 24.2. The molecule has 2 bridgehead atoms. The van der Waals surface area contributed by atoms with E-state index in [0.717, 1.165) is 16.0 Å². The number of carbonyl (C=O) groups is 5. The van der Waals surface area contributed by atoms with Crippen molar-refractivity contribution < 1.29 is 43.3 Å². The summed E-state index contributed by atoms with van der Waals surface area (Å²) in [5.41, 5.74) is 1.32. The molecule has 0 saturated carbocycles. The highest BCUT2D eigenvalue weighted by molar-refractivity contribution is 5.94. The van der Waals surface area contributed by atoms with Crippen LogP contribution in [0.4, 0.5) is 0 Å². The van der Waals surface area contributed by atoms with Crippen molar-refractivity contribution in [3.05, 3.63) is 53.6 Å². The third kappa shape index (κ3) is 9.09. The van der Waals surface area contributed by atoms with E-state index in [-0.39, 0.29) is 30.9 Å². The second kappa shape index (κ2) is 16.0. The number of fused-ring (bicyclic) bond motifs is 3. The summed E-state index contributed by atoms with van der Waals surface area (Å²) in [7, 11) is 1.40. The van der Waals surface area contributed by atoms with E-state index in [2.05, 4.69) is 16.0 Å². The fraction of sp³-hybridized carbons (Fsp3) is 0.541. The second-order valence-electron chi connectivity index (χ2n) is 14.2. The van der Waals surface area contributed by atoms with Crippen LogP contribution in [-0.4, -0.2) is 109 Å². The number of nitrogens with zero attached hydrogens (tertiary/aromatic N) is 2. The Morgan fingerprint density at radius 1 is 0.941 bits per heavy atom. The molecule has 2 aromatic carbocycles. The fourth-order valence-corrected chi connectivity index (χ4v) is 6.69. The van der Waals surface area contributed by atoms with Crippen molar-refractivity contribution in [2.75, 3.05) is 40.1 Å². The highest BCUT2D eigenvalue weighted by Gasteiger charge is 2.39. The third-order valence-electron chi connectivity index (χ3n) is 10.1. The van der Waals surface area contributed by atoms with Gasteiger partial charge >= 0.3 is 0 Å². The highest BCUT2D eigenvalue weighted by Crippen LogP contribution is 2.37. The first-order valence-electron chi connectivity index (χ1n) is 17.5. The van der Waals surface area contributed by atoms with Gasteiger partial charge in [0.1, 0.15) is 23.9 Å². The van der Waals surface area contributed by atoms with Crippen molar-refractivity contribution >= 4 is 29.5 Å². The summed E-state index contributed by atoms with van der Waals surface area (Å²) in [6, 6.07) is 9.61. The Morgan fingerprint density at radius 3 is 2.37 bits per heavy atom. The zero-order valence-corrected chi connectivity index (χ0v) is 29.9. The van der Waals surface area contributed by atoms with Crippen molar-refractivity contribution in [1.82, 2.24) is 25.8 Å². The van der Waals surface area contributed by atoms with Crippen molar-refractivity contribution in [2.24, 2.45) is 11.3 Å². The Bertz CT molecular complexity index is 1620. The molecule has 0 radical (unpaired) electrons. The van der Waals surface area contributed by atoms with Gasteiger partial charge in [0, 0.05) is 26.7 Å². The Balaban J connectivity index is 1.37. The Hall–Kier alpha value is -4.85. The van der Waals surface area contributed by atoms with Gasteiger partial charge in [0.25, 0.3) is 5.91 Å². The molecule has 0 unspecified atom stereocenters. The lowest BCUT2D eigenvalue weighted by molar-refractivity contribution is -0.144. The number of amides is 5. The number of rotatable bonds is 4. The summed E-state index contributed by atoms with van der Waals surface area (Å²) >= 11 is 0. The molecular formula is C37H49N5O9. The van der Waals surface area contributed by atoms with Crippen LogP contribution < -0.4 is 30.2 Å². The average Bonchev–Trinajstić information content (AvgIpc) is 3.58. The van der Waals surface area contributed by atoms with Crippen LogP contribution in [0.15, 0.2) is 42.5 Å². The maximum atomic E-state index is 13.7. The molecule has 3 aliphatic heterocycles. The molecule has 2 aromatic rings. The fourth-order valence-electron chi connectivity index (χ4n) is 6.69. The first kappa shape index (κ1) is 37.4. The maximum absolute atomic E-state index is 13.7. The predicted molar refractivity (Wildman–Crippen MR) is 186 cm³/mol. The summed E-state index contributed by atoms with van der Waals surface area (Å²) in [4.78, 5) is 69.7. The van der Waals surface area contributed by atoms with Gasteiger partial charge in [0.15, 0.2) is 18.1 Å². The standard InChI is InChI=1S/C37H49N5O9/c1-22(2)32-35(47)38-20-37(11-13-42(14-12-37)31(45)17-25-9-10-28-29(16-25)51-21-50-28)18-26-7-6-8-27(15-26)49-19-30(44)39-33(24(4)43)36(48)41(5)23(3)34(46)40-32/h6-10,15-16,22-24,32-33,43H,11-14,17-21H2,1-5H3,(H,38,47)(H,39,44)(H,40,46)/t23-,24+,32+,33-/m0/s1. The number of carbonyl (C=O) groups excluding carboxylic acids is 5. The van der Waals surface area contributed by atoms with E-state index in [1.54, 1.807) is 6.07 Å². The smallest absolute Gasteiger partial charge is 0.258 e. The number of aliphatic hydroxyl groups is 1. The van der Waals surface area contributed by atoms with Crippen LogP contribution in [0.25, 0.3) is 0 Å². The predicted octanol–water partition coefficient (Wildman–Crippen LogP) is 1.17. The van der Waals surface area contributed by atoms with E-state index in [1.807, 2.05) is 55.1 Å². The van der Waals surface area contributed by atoms with Crippen LogP contribution in [0.2, 0.25) is 0 Å². The van der Waals surface area contributed by atoms with Crippen LogP contribution in [0.1, 0.15) is 51.7 Å². The van der Waals surface area contributed by atoms with Crippen LogP contribution in [0.3, 0.4) is 0 Å². The van der Waals surface area contributed by atoms with E-state index in [9.17, 15) is 29.1 Å². The summed E-state index contributed by atoms with van der Waals surface area (Å²) < 4.78 is 16.7. The van der Waals surface area contributed by atoms with Crippen molar-refractivity contribution in [3.8, 4) is 17.2 Å². The molecule has 4 N–H and O–H groups in total. The van der Waals surface area contributed by atoms with Crippen molar-refractivity contribution in [2.45, 2.75) is 77.6 Å². The Kier molecular flexibility index (Phi) is 11.7. The summed E-state index contributed by atoms with van der Waals surface area (Å²) in [6.45, 7) is 7.56. The summed E-state index contributed by atoms with van der Waals surface area (Å²) in [5, 5.41) is 18.8. The minimum Gasteiger partial charge on any atom is -0.484 e. The molecular weight excluding hydrogens is 658 g/mol. The lowest BCUT2D eigenvalue weighted by atomic mass is 9.73. The van der Waals surface area contributed by atoms with Crippen LogP contribution in [0.5, 0.6) is 17.2 Å². The van der Waals surface area contributed by atoms with Gasteiger partial charge in [-0.2, -0.15) is 0 Å². The van der Waals surface area contributed by atoms with Gasteiger partial charge in [0.2, 0.25) is 30.4 Å². The molecule has 1 saturated heterocycles. The van der Waals surface area contributed by atoms with Gasteiger partial charge in [-0.05, 0) is 79.8 Å². The molecule has 5 amide bonds. The van der Waals surface area contributed by atoms with E-state index in [1.165, 1.54) is 20.9 Å². The molecule has 51 heavy (non-hydrogen) atoms. The van der Waals surface area contributed by atoms with Gasteiger partial charge in [-0.15, -0.1) is 0 Å². The normalized spacial score (nSPS) is 23.7. The molecule has 3 aliphatic rings. The average molecular weight is 708 g/mol. The van der Waals surface area contributed by atoms with E-state index in [4.69, 9.17) is 14.2 Å². The van der Waals surface area contributed by atoms with Crippen LogP contribution in [-0.2, 0) is 36.8 Å². The largest absolute Gasteiger partial charge is 0.484 e. The zero-order valence-electron chi connectivity index (χ0n) is 29.9. The number of likely N-dealkylation sites (N-methyl/N-ethyl adjacent to an activating group) is 1. The number of hydrogen-bond donors (Lipinski definition) is 4. The molecule has 3 heterocycles. The van der Waals surface area contributed by atoms with E-state index in [0.29, 0.717) is 56.1 Å². The number of hydrogen-bond acceptors (Lipinski definition) is 9. The zero-order chi connectivity index (χ0) is 36.9. The van der Waals surface area contributed by atoms with Crippen molar-refractivity contribution in [3.63, 3.8) is 0 Å². The van der Waals surface area contributed by atoms with Gasteiger partial charge in [-0.25, -0.2) is 0 Å². The lowest BCUT2D eigenvalue weighted by Crippen LogP contribution is -2.59. The molecule has 276 valence electrons. The minimum absolute atomic E-state index is 0.00415. The monoisotopic (exact) mass is 707 g/mol. The van der Waals surface area contributed by atoms with Gasteiger partial charge in [-0.1, -0.05) is 32.0 Å². The first-order valence-corrected chi connectivity index (χ1v) is 17.5. The van der Waals surface area contributed by atoms with E-state index < -0.39 is 54.0 Å². The number of benzene rings is 2. The SMILES string of the molecule is CC(C)[C@H]1NC(=O)[C@H](C)N(C)C(=O)[C@H]([C@@H](C)O)NC(=O)COc2cccc(c2)CC2(CCN(C(=O)Cc3ccc4c(c3)OCO4)CC2)CNC1=O. The molecule has 4 atom stereocenters. The molecule has 1 spiro atoms. The topological polar surface area (TPSA) is 176 Å². The number of likely N-dealkylation sites (tertiary alicyclic amines) is 1. The molecule has 1 fully saturated rings. The summed E-state index contributed by atoms with van der Waals surface area (Å²) in [6.07, 6.45) is 0.737. The van der Waals surface area contributed by atoms with E-state index >= 15 is 0 Å². The number of aliphatic hydroxyl groups excluding tert-OH is 1. The number of ether oxygens (including phenoxy) is 3. The third-order valence-corrected chi connectivity index (χ3v) is 10.1. The molecule has 5 rings (SSSR count). The highest BCUT2D eigenvalue weighted by atomic mass is 16.7. The van der Waals surface area contributed by atoms with Crippen LogP contribution >= 0.6 is 0 Å². The molecule has 0 aliphatic carbocycles. The number of piperidine rings is 1. The second-order valence-corrected chi connectivity index (χ2v) is 14.2. The van der Waals surface area contributed by atoms with Crippen molar-refractivity contribution in [1.29, 1.82) is 0 Å².